The molecule has 0 saturated carbocycles. The lowest BCUT2D eigenvalue weighted by Crippen LogP contribution is -2.35. The third kappa shape index (κ3) is 4.11. The summed E-state index contributed by atoms with van der Waals surface area (Å²) in [7, 11) is 0. The number of rotatable bonds is 4. The van der Waals surface area contributed by atoms with Gasteiger partial charge in [0.1, 0.15) is 0 Å². The highest BCUT2D eigenvalue weighted by molar-refractivity contribution is 5.19. The molecule has 1 aliphatic heterocycles. The second kappa shape index (κ2) is 5.85. The number of hydrogen-bond acceptors (Lipinski definition) is 2. The van der Waals surface area contributed by atoms with Crippen LogP contribution in [0.15, 0.2) is 30.3 Å². The molecule has 2 heteroatoms. The Balaban J connectivity index is 2.07. The minimum absolute atomic E-state index is 0.326. The van der Waals surface area contributed by atoms with Gasteiger partial charge in [0.2, 0.25) is 0 Å². The molecule has 0 amide bonds. The topological polar surface area (TPSA) is 21.3 Å². The fraction of sp³-hybridized carbons (Fsp3) is 0.625. The van der Waals surface area contributed by atoms with Gasteiger partial charge in [-0.1, -0.05) is 51.1 Å². The average molecular weight is 247 g/mol. The first-order valence-electron chi connectivity index (χ1n) is 6.93. The Morgan fingerprint density at radius 1 is 1.28 bits per heavy atom. The van der Waals surface area contributed by atoms with Crippen LogP contribution >= 0.6 is 0 Å². The van der Waals surface area contributed by atoms with E-state index >= 15 is 0 Å². The van der Waals surface area contributed by atoms with Crippen molar-refractivity contribution < 1.29 is 4.74 Å². The molecule has 0 bridgehead atoms. The molecule has 100 valence electrons. The van der Waals surface area contributed by atoms with E-state index in [1.807, 2.05) is 0 Å². The maximum absolute atomic E-state index is 5.46. The fourth-order valence-corrected chi connectivity index (χ4v) is 2.52. The van der Waals surface area contributed by atoms with Gasteiger partial charge in [0.15, 0.2) is 0 Å². The standard InChI is InChI=1S/C16H25NO/c1-16(2,3)11-15(13-7-5-4-6-8-13)17-14-9-10-18-12-14/h4-8,14-15,17H,9-12H2,1-3H3. The molecule has 2 atom stereocenters. The lowest BCUT2D eigenvalue weighted by Gasteiger charge is -2.29. The van der Waals surface area contributed by atoms with Crippen molar-refractivity contribution in [1.29, 1.82) is 0 Å². The zero-order valence-electron chi connectivity index (χ0n) is 11.8. The second-order valence-corrected chi connectivity index (χ2v) is 6.46. The van der Waals surface area contributed by atoms with E-state index in [4.69, 9.17) is 4.74 Å². The predicted molar refractivity (Wildman–Crippen MR) is 75.6 cm³/mol. The van der Waals surface area contributed by atoms with E-state index in [1.165, 1.54) is 5.56 Å². The van der Waals surface area contributed by atoms with E-state index in [0.29, 0.717) is 17.5 Å². The first-order chi connectivity index (χ1) is 8.54. The molecule has 1 aliphatic rings. The van der Waals surface area contributed by atoms with Crippen LogP contribution in [0.4, 0.5) is 0 Å². The Bertz CT molecular complexity index is 349. The molecule has 0 radical (unpaired) electrons. The highest BCUT2D eigenvalue weighted by Crippen LogP contribution is 2.30. The van der Waals surface area contributed by atoms with Crippen LogP contribution < -0.4 is 5.32 Å². The van der Waals surface area contributed by atoms with Crippen LogP contribution in [0, 0.1) is 5.41 Å². The summed E-state index contributed by atoms with van der Waals surface area (Å²) in [6.07, 6.45) is 2.28. The Morgan fingerprint density at radius 2 is 2.00 bits per heavy atom. The van der Waals surface area contributed by atoms with Gasteiger partial charge in [-0.05, 0) is 23.8 Å². The molecule has 2 unspecified atom stereocenters. The monoisotopic (exact) mass is 247 g/mol. The van der Waals surface area contributed by atoms with Gasteiger partial charge in [-0.2, -0.15) is 0 Å². The Morgan fingerprint density at radius 3 is 2.56 bits per heavy atom. The number of benzene rings is 1. The summed E-state index contributed by atoms with van der Waals surface area (Å²) in [6.45, 7) is 8.66. The van der Waals surface area contributed by atoms with Crippen molar-refractivity contribution in [2.45, 2.75) is 45.7 Å². The zero-order valence-corrected chi connectivity index (χ0v) is 11.8. The highest BCUT2D eigenvalue weighted by Gasteiger charge is 2.24. The summed E-state index contributed by atoms with van der Waals surface area (Å²) in [5, 5.41) is 3.76. The van der Waals surface area contributed by atoms with Crippen LogP contribution in [0.5, 0.6) is 0 Å². The van der Waals surface area contributed by atoms with Crippen molar-refractivity contribution in [3.05, 3.63) is 35.9 Å². The molecule has 2 nitrogen and oxygen atoms in total. The second-order valence-electron chi connectivity index (χ2n) is 6.46. The maximum Gasteiger partial charge on any atom is 0.0620 e. The molecule has 0 aliphatic carbocycles. The van der Waals surface area contributed by atoms with Crippen LogP contribution in [0.1, 0.15) is 45.2 Å². The predicted octanol–water partition coefficient (Wildman–Crippen LogP) is 3.54. The van der Waals surface area contributed by atoms with Crippen molar-refractivity contribution in [2.24, 2.45) is 5.41 Å². The molecule has 2 rings (SSSR count). The van der Waals surface area contributed by atoms with Gasteiger partial charge in [0.25, 0.3) is 0 Å². The molecular weight excluding hydrogens is 222 g/mol. The van der Waals surface area contributed by atoms with E-state index < -0.39 is 0 Å². The lowest BCUT2D eigenvalue weighted by atomic mass is 9.85. The molecule has 0 spiro atoms. The maximum atomic E-state index is 5.46. The normalized spacial score (nSPS) is 22.1. The zero-order chi connectivity index (χ0) is 13.0. The van der Waals surface area contributed by atoms with Gasteiger partial charge in [-0.3, -0.25) is 0 Å². The first-order valence-corrected chi connectivity index (χ1v) is 6.93. The van der Waals surface area contributed by atoms with E-state index in [2.05, 4.69) is 56.4 Å². The molecular formula is C16H25NO. The van der Waals surface area contributed by atoms with Gasteiger partial charge >= 0.3 is 0 Å². The van der Waals surface area contributed by atoms with Gasteiger partial charge in [-0.15, -0.1) is 0 Å². The fourth-order valence-electron chi connectivity index (χ4n) is 2.52. The van der Waals surface area contributed by atoms with Gasteiger partial charge in [-0.25, -0.2) is 0 Å². The van der Waals surface area contributed by atoms with Gasteiger partial charge < -0.3 is 10.1 Å². The minimum atomic E-state index is 0.326. The van der Waals surface area contributed by atoms with Crippen LogP contribution in [-0.2, 0) is 4.74 Å². The largest absolute Gasteiger partial charge is 0.380 e. The van der Waals surface area contributed by atoms with E-state index in [0.717, 1.165) is 26.1 Å². The molecule has 1 saturated heterocycles. The van der Waals surface area contributed by atoms with Gasteiger partial charge in [0, 0.05) is 18.7 Å². The summed E-state index contributed by atoms with van der Waals surface area (Å²) in [6, 6.07) is 11.7. The van der Waals surface area contributed by atoms with Crippen molar-refractivity contribution in [3.63, 3.8) is 0 Å². The van der Waals surface area contributed by atoms with E-state index in [9.17, 15) is 0 Å². The first kappa shape index (κ1) is 13.6. The third-order valence-corrected chi connectivity index (χ3v) is 3.39. The van der Waals surface area contributed by atoms with Crippen LogP contribution in [0.3, 0.4) is 0 Å². The number of hydrogen-bond donors (Lipinski definition) is 1. The van der Waals surface area contributed by atoms with Crippen molar-refractivity contribution >= 4 is 0 Å². The summed E-state index contributed by atoms with van der Waals surface area (Å²) in [5.41, 5.74) is 1.71. The highest BCUT2D eigenvalue weighted by atomic mass is 16.5. The quantitative estimate of drug-likeness (QED) is 0.878. The Labute approximate surface area is 111 Å². The van der Waals surface area contributed by atoms with Crippen LogP contribution in [-0.4, -0.2) is 19.3 Å². The summed E-state index contributed by atoms with van der Waals surface area (Å²) in [4.78, 5) is 0. The molecule has 1 aromatic carbocycles. The summed E-state index contributed by atoms with van der Waals surface area (Å²) < 4.78 is 5.46. The Hall–Kier alpha value is -0.860. The van der Waals surface area contributed by atoms with Crippen LogP contribution in [0.2, 0.25) is 0 Å². The molecule has 18 heavy (non-hydrogen) atoms. The Kier molecular flexibility index (Phi) is 4.41. The summed E-state index contributed by atoms with van der Waals surface area (Å²) in [5.74, 6) is 0. The smallest absolute Gasteiger partial charge is 0.0620 e. The molecule has 1 heterocycles. The SMILES string of the molecule is CC(C)(C)CC(NC1CCOC1)c1ccccc1. The van der Waals surface area contributed by atoms with E-state index in [1.54, 1.807) is 0 Å². The number of ether oxygens (including phenoxy) is 1. The number of nitrogens with one attached hydrogen (secondary N) is 1. The third-order valence-electron chi connectivity index (χ3n) is 3.39. The van der Waals surface area contributed by atoms with Crippen molar-refractivity contribution in [3.8, 4) is 0 Å². The lowest BCUT2D eigenvalue weighted by molar-refractivity contribution is 0.185. The van der Waals surface area contributed by atoms with E-state index in [-0.39, 0.29) is 0 Å². The molecule has 0 aromatic heterocycles. The summed E-state index contributed by atoms with van der Waals surface area (Å²) >= 11 is 0. The average Bonchev–Trinajstić information content (AvgIpc) is 2.80. The van der Waals surface area contributed by atoms with Crippen LogP contribution in [0.25, 0.3) is 0 Å². The van der Waals surface area contributed by atoms with Crippen molar-refractivity contribution in [1.82, 2.24) is 5.32 Å². The molecule has 1 N–H and O–H groups in total. The van der Waals surface area contributed by atoms with Crippen molar-refractivity contribution in [2.75, 3.05) is 13.2 Å². The molecule has 1 aromatic rings. The minimum Gasteiger partial charge on any atom is -0.380 e. The van der Waals surface area contributed by atoms with Gasteiger partial charge in [0.05, 0.1) is 6.61 Å². The molecule has 1 fully saturated rings.